The highest BCUT2D eigenvalue weighted by Crippen LogP contribution is 1.66. The van der Waals surface area contributed by atoms with Gasteiger partial charge < -0.3 is 61.2 Å². The van der Waals surface area contributed by atoms with Crippen LogP contribution < -0.4 is 21.7 Å². The Balaban J connectivity index is -0.000000113. The SMILES string of the molecule is O=C([O-])CO.O=C([O-])CO.[NH3+]CCOCCO.[NH3+]CCOCCO. The van der Waals surface area contributed by atoms with E-state index in [1.807, 2.05) is 0 Å². The number of carbonyl (C=O) groups is 2. The van der Waals surface area contributed by atoms with Crippen LogP contribution in [-0.4, -0.2) is 98.3 Å². The normalized spacial score (nSPS) is 8.58. The predicted molar refractivity (Wildman–Crippen MR) is 75.5 cm³/mol. The molecule has 0 saturated heterocycles. The molecule has 0 saturated carbocycles. The first kappa shape index (κ1) is 30.5. The lowest BCUT2D eigenvalue weighted by atomic mass is 10.7. The molecule has 0 aliphatic rings. The lowest BCUT2D eigenvalue weighted by Gasteiger charge is -1.93. The van der Waals surface area contributed by atoms with Gasteiger partial charge in [0.2, 0.25) is 0 Å². The monoisotopic (exact) mass is 362 g/mol. The van der Waals surface area contributed by atoms with Crippen LogP contribution in [0.2, 0.25) is 0 Å². The maximum absolute atomic E-state index is 9.01. The number of aliphatic hydroxyl groups excluding tert-OH is 4. The molecule has 148 valence electrons. The van der Waals surface area contributed by atoms with E-state index in [2.05, 4.69) is 11.5 Å². The maximum atomic E-state index is 9.01. The number of rotatable bonds is 10. The number of aliphatic carboxylic acids is 2. The number of carbonyl (C=O) groups excluding carboxylic acids is 2. The third-order valence-corrected chi connectivity index (χ3v) is 1.31. The first-order valence-corrected chi connectivity index (χ1v) is 6.94. The van der Waals surface area contributed by atoms with Gasteiger partial charge in [0.25, 0.3) is 0 Å². The molecule has 0 radical (unpaired) electrons. The van der Waals surface area contributed by atoms with Gasteiger partial charge in [0, 0.05) is 0 Å². The van der Waals surface area contributed by atoms with Crippen LogP contribution in [0.15, 0.2) is 0 Å². The van der Waals surface area contributed by atoms with Crippen molar-refractivity contribution in [3.05, 3.63) is 0 Å². The minimum Gasteiger partial charge on any atom is -0.548 e. The highest BCUT2D eigenvalue weighted by atomic mass is 16.5. The molecule has 0 aromatic rings. The van der Waals surface area contributed by atoms with Gasteiger partial charge in [-0.25, -0.2) is 0 Å². The molecule has 0 amide bonds. The summed E-state index contributed by atoms with van der Waals surface area (Å²) in [6.07, 6.45) is 0. The minimum atomic E-state index is -1.44. The number of carboxylic acid groups (broad SMARTS) is 2. The smallest absolute Gasteiger partial charge is 0.0977 e. The highest BCUT2D eigenvalue weighted by molar-refractivity contribution is 5.65. The molecule has 12 nitrogen and oxygen atoms in total. The van der Waals surface area contributed by atoms with E-state index in [9.17, 15) is 0 Å². The van der Waals surface area contributed by atoms with Crippen molar-refractivity contribution in [1.29, 1.82) is 0 Å². The minimum absolute atomic E-state index is 0.111. The molecule has 0 atom stereocenters. The van der Waals surface area contributed by atoms with E-state index in [4.69, 9.17) is 49.7 Å². The Kier molecular flexibility index (Phi) is 42.3. The number of quaternary nitrogens is 2. The summed E-state index contributed by atoms with van der Waals surface area (Å²) < 4.78 is 9.64. The van der Waals surface area contributed by atoms with E-state index in [1.54, 1.807) is 0 Å². The van der Waals surface area contributed by atoms with E-state index in [0.717, 1.165) is 13.1 Å². The van der Waals surface area contributed by atoms with Crippen LogP contribution in [0.25, 0.3) is 0 Å². The molecule has 0 unspecified atom stereocenters. The second-order valence-electron chi connectivity index (χ2n) is 3.44. The summed E-state index contributed by atoms with van der Waals surface area (Å²) in [6.45, 7) is 2.19. The highest BCUT2D eigenvalue weighted by Gasteiger charge is 1.81. The molecule has 0 heterocycles. The zero-order valence-corrected chi connectivity index (χ0v) is 13.7. The third kappa shape index (κ3) is 70.4. The van der Waals surface area contributed by atoms with Gasteiger partial charge in [-0.3, -0.25) is 0 Å². The predicted octanol–water partition coefficient (Wildman–Crippen LogP) is -8.07. The van der Waals surface area contributed by atoms with Crippen molar-refractivity contribution in [2.75, 3.05) is 65.9 Å². The Morgan fingerprint density at radius 1 is 0.708 bits per heavy atom. The summed E-state index contributed by atoms with van der Waals surface area (Å²) in [7, 11) is 0. The van der Waals surface area contributed by atoms with Crippen molar-refractivity contribution in [3.63, 3.8) is 0 Å². The van der Waals surface area contributed by atoms with Gasteiger partial charge in [-0.05, 0) is 0 Å². The van der Waals surface area contributed by atoms with Crippen LogP contribution >= 0.6 is 0 Å². The van der Waals surface area contributed by atoms with Crippen LogP contribution in [-0.2, 0) is 19.1 Å². The Bertz CT molecular complexity index is 212. The average molecular weight is 362 g/mol. The lowest BCUT2D eigenvalue weighted by Crippen LogP contribution is -2.52. The second kappa shape index (κ2) is 33.3. The maximum Gasteiger partial charge on any atom is 0.0977 e. The number of hydrogen-bond acceptors (Lipinski definition) is 10. The molecule has 0 bridgehead atoms. The number of aliphatic hydroxyl groups is 4. The first-order valence-electron chi connectivity index (χ1n) is 6.94. The van der Waals surface area contributed by atoms with Crippen LogP contribution in [0.5, 0.6) is 0 Å². The number of ether oxygens (including phenoxy) is 2. The van der Waals surface area contributed by atoms with Crippen molar-refractivity contribution in [3.8, 4) is 0 Å². The molecule has 24 heavy (non-hydrogen) atoms. The van der Waals surface area contributed by atoms with E-state index >= 15 is 0 Å². The third-order valence-electron chi connectivity index (χ3n) is 1.31. The van der Waals surface area contributed by atoms with Gasteiger partial charge in [0.1, 0.15) is 0 Å². The fourth-order valence-corrected chi connectivity index (χ4v) is 0.537. The van der Waals surface area contributed by atoms with Gasteiger partial charge in [-0.1, -0.05) is 0 Å². The van der Waals surface area contributed by atoms with E-state index in [1.165, 1.54) is 0 Å². The summed E-state index contributed by atoms with van der Waals surface area (Å²) in [6, 6.07) is 0. The van der Waals surface area contributed by atoms with Crippen LogP contribution in [0.4, 0.5) is 0 Å². The fraction of sp³-hybridized carbons (Fsp3) is 0.833. The van der Waals surface area contributed by atoms with Crippen molar-refractivity contribution in [2.24, 2.45) is 0 Å². The molecular weight excluding hydrogens is 332 g/mol. The second-order valence-corrected chi connectivity index (χ2v) is 3.44. The van der Waals surface area contributed by atoms with Gasteiger partial charge in [0.15, 0.2) is 0 Å². The van der Waals surface area contributed by atoms with E-state index in [-0.39, 0.29) is 13.2 Å². The van der Waals surface area contributed by atoms with Crippen LogP contribution in [0, 0.1) is 0 Å². The number of carboxylic acids is 2. The number of hydrogen-bond donors (Lipinski definition) is 6. The van der Waals surface area contributed by atoms with E-state index in [0.29, 0.717) is 26.4 Å². The summed E-state index contributed by atoms with van der Waals surface area (Å²) in [4.78, 5) is 18.0. The largest absolute Gasteiger partial charge is 0.548 e. The van der Waals surface area contributed by atoms with Crippen LogP contribution in [0.1, 0.15) is 0 Å². The van der Waals surface area contributed by atoms with Gasteiger partial charge in [-0.15, -0.1) is 0 Å². The van der Waals surface area contributed by atoms with Crippen molar-refractivity contribution < 1.29 is 61.2 Å². The molecule has 0 aliphatic heterocycles. The quantitative estimate of drug-likeness (QED) is 0.201. The van der Waals surface area contributed by atoms with Crippen molar-refractivity contribution >= 4 is 11.9 Å². The zero-order chi connectivity index (χ0) is 19.6. The molecule has 0 rings (SSSR count). The molecule has 0 spiro atoms. The summed E-state index contributed by atoms with van der Waals surface area (Å²) in [5, 5.41) is 49.3. The Hall–Kier alpha value is -1.38. The molecule has 0 aliphatic carbocycles. The Morgan fingerprint density at radius 2 is 0.958 bits per heavy atom. The Morgan fingerprint density at radius 3 is 1.08 bits per heavy atom. The zero-order valence-electron chi connectivity index (χ0n) is 13.7. The molecular formula is C12H30N2O10. The van der Waals surface area contributed by atoms with Gasteiger partial charge >= 0.3 is 0 Å². The standard InChI is InChI=1S/2C4H11NO2.2C2H4O3/c2*5-1-3-7-4-2-6;2*3-1-2(4)5/h2*6H,1-5H2;2*3H,1H2,(H,4,5). The lowest BCUT2D eigenvalue weighted by molar-refractivity contribution is -0.374. The van der Waals surface area contributed by atoms with Crippen LogP contribution in [0.3, 0.4) is 0 Å². The summed E-state index contributed by atoms with van der Waals surface area (Å²) in [5.74, 6) is -2.88. The molecule has 0 fully saturated rings. The average Bonchev–Trinajstić information content (AvgIpc) is 2.57. The summed E-state index contributed by atoms with van der Waals surface area (Å²) >= 11 is 0. The molecule has 12 heteroatoms. The van der Waals surface area contributed by atoms with E-state index < -0.39 is 25.2 Å². The fourth-order valence-electron chi connectivity index (χ4n) is 0.537. The first-order chi connectivity index (χ1) is 11.4. The topological polar surface area (TPSA) is 235 Å². The molecule has 10 N–H and O–H groups in total. The summed E-state index contributed by atoms with van der Waals surface area (Å²) in [5.41, 5.74) is 7.10. The van der Waals surface area contributed by atoms with Gasteiger partial charge in [-0.2, -0.15) is 0 Å². The Labute approximate surface area is 140 Å². The molecule has 0 aromatic heterocycles. The molecule has 0 aromatic carbocycles. The van der Waals surface area contributed by atoms with Gasteiger partial charge in [0.05, 0.1) is 77.9 Å². The van der Waals surface area contributed by atoms with Crippen molar-refractivity contribution in [1.82, 2.24) is 0 Å². The van der Waals surface area contributed by atoms with Crippen molar-refractivity contribution in [2.45, 2.75) is 0 Å².